The van der Waals surface area contributed by atoms with Gasteiger partial charge in [0.2, 0.25) is 12.7 Å². The predicted octanol–water partition coefficient (Wildman–Crippen LogP) is 3.60. The van der Waals surface area contributed by atoms with E-state index in [2.05, 4.69) is 6.07 Å². The van der Waals surface area contributed by atoms with Crippen molar-refractivity contribution in [2.45, 2.75) is 30.6 Å². The molecule has 2 fully saturated rings. The first-order chi connectivity index (χ1) is 12.7. The fraction of sp³-hybridized carbons (Fsp3) is 0.381. The van der Waals surface area contributed by atoms with Gasteiger partial charge in [-0.25, -0.2) is 4.39 Å². The smallest absolute Gasteiger partial charge is 0.233 e. The van der Waals surface area contributed by atoms with Crippen molar-refractivity contribution in [3.63, 3.8) is 0 Å². The highest BCUT2D eigenvalue weighted by atomic mass is 19.1. The van der Waals surface area contributed by atoms with E-state index in [-0.39, 0.29) is 18.5 Å². The summed E-state index contributed by atoms with van der Waals surface area (Å²) in [6.07, 6.45) is 2.65. The van der Waals surface area contributed by atoms with Crippen molar-refractivity contribution >= 4 is 5.91 Å². The Morgan fingerprint density at radius 1 is 1.08 bits per heavy atom. The van der Waals surface area contributed by atoms with Crippen LogP contribution in [0.2, 0.25) is 0 Å². The minimum absolute atomic E-state index is 0.187. The molecule has 0 bridgehead atoms. The lowest BCUT2D eigenvalue weighted by Gasteiger charge is -2.24. The van der Waals surface area contributed by atoms with Crippen molar-refractivity contribution < 1.29 is 18.7 Å². The van der Waals surface area contributed by atoms with Crippen LogP contribution < -0.4 is 9.47 Å². The number of nitrogens with zero attached hydrogens (tertiary/aromatic N) is 1. The van der Waals surface area contributed by atoms with E-state index in [0.29, 0.717) is 5.92 Å². The number of hydrogen-bond acceptors (Lipinski definition) is 3. The SMILES string of the molecule is O=C(N1CCC(c2ccc3c(c2)OCO3)C1)C1(c2ccc(F)cc2)CC1. The van der Waals surface area contributed by atoms with Crippen molar-refractivity contribution in [3.05, 3.63) is 59.4 Å². The van der Waals surface area contributed by atoms with Crippen molar-refractivity contribution in [2.75, 3.05) is 19.9 Å². The second kappa shape index (κ2) is 5.73. The standard InChI is InChI=1S/C21H20FNO3/c22-17-4-2-16(3-5-17)21(8-9-21)20(24)23-10-7-15(12-23)14-1-6-18-19(11-14)26-13-25-18/h1-6,11,15H,7-10,12-13H2. The molecule has 2 heterocycles. The molecule has 1 amide bonds. The van der Waals surface area contributed by atoms with Gasteiger partial charge in [0.1, 0.15) is 5.82 Å². The van der Waals surface area contributed by atoms with Gasteiger partial charge in [-0.1, -0.05) is 18.2 Å². The summed E-state index contributed by atoms with van der Waals surface area (Å²) >= 11 is 0. The summed E-state index contributed by atoms with van der Waals surface area (Å²) in [5.74, 6) is 1.82. The third kappa shape index (κ3) is 2.45. The third-order valence-electron chi connectivity index (χ3n) is 5.90. The summed E-state index contributed by atoms with van der Waals surface area (Å²) in [6, 6.07) is 12.5. The largest absolute Gasteiger partial charge is 0.454 e. The molecule has 0 spiro atoms. The van der Waals surface area contributed by atoms with Gasteiger partial charge in [0.25, 0.3) is 0 Å². The molecule has 1 atom stereocenters. The fourth-order valence-electron chi connectivity index (χ4n) is 4.21. The van der Waals surface area contributed by atoms with Crippen LogP contribution in [0.3, 0.4) is 0 Å². The summed E-state index contributed by atoms with van der Waals surface area (Å²) in [4.78, 5) is 15.1. The minimum Gasteiger partial charge on any atom is -0.454 e. The Bertz CT molecular complexity index is 860. The first-order valence-electron chi connectivity index (χ1n) is 9.11. The number of carbonyl (C=O) groups is 1. The van der Waals surface area contributed by atoms with Crippen LogP contribution in [0.15, 0.2) is 42.5 Å². The minimum atomic E-state index is -0.433. The topological polar surface area (TPSA) is 38.8 Å². The lowest BCUT2D eigenvalue weighted by atomic mass is 9.94. The first-order valence-corrected chi connectivity index (χ1v) is 9.11. The number of hydrogen-bond donors (Lipinski definition) is 0. The highest BCUT2D eigenvalue weighted by Crippen LogP contribution is 2.50. The molecule has 1 aliphatic carbocycles. The molecule has 2 aromatic rings. The Morgan fingerprint density at radius 2 is 1.85 bits per heavy atom. The van der Waals surface area contributed by atoms with Gasteiger partial charge in [0.05, 0.1) is 5.41 Å². The normalized spacial score (nSPS) is 22.5. The van der Waals surface area contributed by atoms with E-state index in [4.69, 9.17) is 9.47 Å². The van der Waals surface area contributed by atoms with E-state index in [0.717, 1.165) is 49.4 Å². The number of fused-ring (bicyclic) bond motifs is 1. The number of ether oxygens (including phenoxy) is 2. The van der Waals surface area contributed by atoms with Gasteiger partial charge in [-0.05, 0) is 54.7 Å². The van der Waals surface area contributed by atoms with E-state index >= 15 is 0 Å². The van der Waals surface area contributed by atoms with E-state index in [9.17, 15) is 9.18 Å². The Labute approximate surface area is 151 Å². The lowest BCUT2D eigenvalue weighted by Crippen LogP contribution is -2.37. The first kappa shape index (κ1) is 15.7. The lowest BCUT2D eigenvalue weighted by molar-refractivity contribution is -0.132. The molecular formula is C21H20FNO3. The molecule has 4 nitrogen and oxygen atoms in total. The summed E-state index contributed by atoms with van der Waals surface area (Å²) in [7, 11) is 0. The monoisotopic (exact) mass is 353 g/mol. The molecule has 134 valence electrons. The van der Waals surface area contributed by atoms with Crippen LogP contribution in [-0.2, 0) is 10.2 Å². The Hall–Kier alpha value is -2.56. The van der Waals surface area contributed by atoms with Crippen LogP contribution in [0.4, 0.5) is 4.39 Å². The van der Waals surface area contributed by atoms with Crippen molar-refractivity contribution in [1.82, 2.24) is 4.90 Å². The summed E-state index contributed by atoms with van der Waals surface area (Å²) in [6.45, 7) is 1.76. The molecule has 2 aromatic carbocycles. The molecule has 1 unspecified atom stereocenters. The molecule has 2 aliphatic heterocycles. The molecule has 26 heavy (non-hydrogen) atoms. The van der Waals surface area contributed by atoms with Crippen LogP contribution in [0.1, 0.15) is 36.3 Å². The van der Waals surface area contributed by atoms with E-state index in [1.807, 2.05) is 17.0 Å². The second-order valence-electron chi connectivity index (χ2n) is 7.44. The van der Waals surface area contributed by atoms with Gasteiger partial charge < -0.3 is 14.4 Å². The van der Waals surface area contributed by atoms with E-state index in [1.54, 1.807) is 12.1 Å². The molecule has 3 aliphatic rings. The van der Waals surface area contributed by atoms with Gasteiger partial charge in [-0.3, -0.25) is 4.79 Å². The molecule has 0 aromatic heterocycles. The van der Waals surface area contributed by atoms with E-state index in [1.165, 1.54) is 17.7 Å². The highest BCUT2D eigenvalue weighted by molar-refractivity contribution is 5.91. The van der Waals surface area contributed by atoms with Crippen molar-refractivity contribution in [3.8, 4) is 11.5 Å². The average Bonchev–Trinajstić information content (AvgIpc) is 3.10. The Balaban J connectivity index is 1.33. The number of amides is 1. The maximum atomic E-state index is 13.2. The van der Waals surface area contributed by atoms with Gasteiger partial charge in [-0.15, -0.1) is 0 Å². The zero-order valence-electron chi connectivity index (χ0n) is 14.4. The number of halogens is 1. The molecule has 5 heteroatoms. The zero-order valence-corrected chi connectivity index (χ0v) is 14.4. The fourth-order valence-corrected chi connectivity index (χ4v) is 4.21. The van der Waals surface area contributed by atoms with E-state index < -0.39 is 5.41 Å². The maximum Gasteiger partial charge on any atom is 0.233 e. The number of rotatable bonds is 3. The van der Waals surface area contributed by atoms with Gasteiger partial charge in [0, 0.05) is 19.0 Å². The van der Waals surface area contributed by atoms with Crippen LogP contribution >= 0.6 is 0 Å². The molecule has 5 rings (SSSR count). The number of carbonyl (C=O) groups excluding carboxylic acids is 1. The van der Waals surface area contributed by atoms with Gasteiger partial charge in [0.15, 0.2) is 11.5 Å². The highest BCUT2D eigenvalue weighted by Gasteiger charge is 2.53. The molecule has 0 N–H and O–H groups in total. The average molecular weight is 353 g/mol. The van der Waals surface area contributed by atoms with Crippen LogP contribution in [0, 0.1) is 5.82 Å². The maximum absolute atomic E-state index is 13.2. The van der Waals surface area contributed by atoms with Crippen LogP contribution in [0.25, 0.3) is 0 Å². The molecule has 1 saturated carbocycles. The second-order valence-corrected chi connectivity index (χ2v) is 7.44. The molecule has 0 radical (unpaired) electrons. The van der Waals surface area contributed by atoms with Gasteiger partial charge >= 0.3 is 0 Å². The third-order valence-corrected chi connectivity index (χ3v) is 5.90. The summed E-state index contributed by atoms with van der Waals surface area (Å²) in [5, 5.41) is 0. The summed E-state index contributed by atoms with van der Waals surface area (Å²) < 4.78 is 24.1. The Morgan fingerprint density at radius 3 is 2.62 bits per heavy atom. The Kier molecular flexibility index (Phi) is 3.45. The number of benzene rings is 2. The van der Waals surface area contributed by atoms with Crippen molar-refractivity contribution in [2.24, 2.45) is 0 Å². The van der Waals surface area contributed by atoms with Crippen LogP contribution in [0.5, 0.6) is 11.5 Å². The predicted molar refractivity (Wildman–Crippen MR) is 93.8 cm³/mol. The van der Waals surface area contributed by atoms with Crippen molar-refractivity contribution in [1.29, 1.82) is 0 Å². The molecule has 1 saturated heterocycles. The quantitative estimate of drug-likeness (QED) is 0.846. The summed E-state index contributed by atoms with van der Waals surface area (Å²) in [5.41, 5.74) is 1.70. The number of likely N-dealkylation sites (tertiary alicyclic amines) is 1. The van der Waals surface area contributed by atoms with Crippen LogP contribution in [-0.4, -0.2) is 30.7 Å². The zero-order chi connectivity index (χ0) is 17.7. The molecular weight excluding hydrogens is 333 g/mol. The van der Waals surface area contributed by atoms with Gasteiger partial charge in [-0.2, -0.15) is 0 Å².